The molecule has 2 aromatic heterocycles. The predicted molar refractivity (Wildman–Crippen MR) is 122 cm³/mol. The summed E-state index contributed by atoms with van der Waals surface area (Å²) in [5.41, 5.74) is 1.55. The molecule has 4 aromatic rings. The molecule has 0 aliphatic carbocycles. The molecule has 1 unspecified atom stereocenters. The van der Waals surface area contributed by atoms with Gasteiger partial charge in [-0.1, -0.05) is 28.1 Å². The Morgan fingerprint density at radius 2 is 1.83 bits per heavy atom. The Balaban J connectivity index is 1.55. The van der Waals surface area contributed by atoms with Crippen LogP contribution < -0.4 is 15.0 Å². The van der Waals surface area contributed by atoms with Gasteiger partial charge in [-0.2, -0.15) is 0 Å². The van der Waals surface area contributed by atoms with E-state index in [1.807, 2.05) is 53.9 Å². The highest BCUT2D eigenvalue weighted by atomic mass is 79.9. The van der Waals surface area contributed by atoms with E-state index in [0.29, 0.717) is 16.0 Å². The summed E-state index contributed by atoms with van der Waals surface area (Å²) in [6, 6.07) is 14.9. The third-order valence-corrected chi connectivity index (χ3v) is 6.04. The molecule has 2 aromatic carbocycles. The van der Waals surface area contributed by atoms with Crippen molar-refractivity contribution in [2.75, 3.05) is 13.7 Å². The van der Waals surface area contributed by atoms with Gasteiger partial charge in [0.25, 0.3) is 5.56 Å². The highest BCUT2D eigenvalue weighted by Gasteiger charge is 2.15. The third kappa shape index (κ3) is 4.40. The standard InChI is InChI=1S/C22H19BrN2O4S/c1-28-17-6-2-14(3-7-17)19-12-30-21-20(19)22(27)25(13-24-21)10-16(26)11-29-18-8-4-15(23)5-9-18/h2-9,12-13,16,26H,10-11H2,1H3. The molecule has 0 spiro atoms. The zero-order valence-corrected chi connectivity index (χ0v) is 18.5. The van der Waals surface area contributed by atoms with E-state index in [1.165, 1.54) is 22.2 Å². The van der Waals surface area contributed by atoms with Gasteiger partial charge in [-0.05, 0) is 42.0 Å². The number of halogens is 1. The van der Waals surface area contributed by atoms with E-state index >= 15 is 0 Å². The van der Waals surface area contributed by atoms with Crippen LogP contribution in [0.1, 0.15) is 0 Å². The monoisotopic (exact) mass is 486 g/mol. The maximum Gasteiger partial charge on any atom is 0.262 e. The summed E-state index contributed by atoms with van der Waals surface area (Å²) in [5, 5.41) is 12.9. The van der Waals surface area contributed by atoms with E-state index in [4.69, 9.17) is 9.47 Å². The summed E-state index contributed by atoms with van der Waals surface area (Å²) in [7, 11) is 1.61. The molecule has 4 rings (SSSR count). The third-order valence-electron chi connectivity index (χ3n) is 4.63. The van der Waals surface area contributed by atoms with E-state index < -0.39 is 6.10 Å². The molecule has 0 saturated heterocycles. The fourth-order valence-electron chi connectivity index (χ4n) is 3.08. The van der Waals surface area contributed by atoms with Crippen molar-refractivity contribution in [3.8, 4) is 22.6 Å². The lowest BCUT2D eigenvalue weighted by molar-refractivity contribution is 0.0915. The Morgan fingerprint density at radius 1 is 1.13 bits per heavy atom. The zero-order valence-electron chi connectivity index (χ0n) is 16.1. The number of methoxy groups -OCH3 is 1. The normalized spacial score (nSPS) is 12.1. The molecule has 1 atom stereocenters. The second kappa shape index (κ2) is 8.99. The molecule has 6 nitrogen and oxygen atoms in total. The molecule has 0 bridgehead atoms. The smallest absolute Gasteiger partial charge is 0.262 e. The van der Waals surface area contributed by atoms with Crippen molar-refractivity contribution in [1.82, 2.24) is 9.55 Å². The average molecular weight is 487 g/mol. The molecule has 154 valence electrons. The van der Waals surface area contributed by atoms with Crippen LogP contribution in [0.4, 0.5) is 0 Å². The number of hydrogen-bond acceptors (Lipinski definition) is 6. The van der Waals surface area contributed by atoms with Gasteiger partial charge < -0.3 is 14.6 Å². The SMILES string of the molecule is COc1ccc(-c2csc3ncn(CC(O)COc4ccc(Br)cc4)c(=O)c23)cc1. The minimum atomic E-state index is -0.853. The number of fused-ring (bicyclic) bond motifs is 1. The summed E-state index contributed by atoms with van der Waals surface area (Å²) in [6.07, 6.45) is 0.621. The van der Waals surface area contributed by atoms with E-state index in [2.05, 4.69) is 20.9 Å². The van der Waals surface area contributed by atoms with Gasteiger partial charge in [0, 0.05) is 15.4 Å². The molecule has 0 radical (unpaired) electrons. The molecule has 0 aliphatic rings. The van der Waals surface area contributed by atoms with Crippen LogP contribution in [0.15, 0.2) is 69.5 Å². The van der Waals surface area contributed by atoms with Crippen molar-refractivity contribution in [1.29, 1.82) is 0 Å². The molecular formula is C22H19BrN2O4S. The van der Waals surface area contributed by atoms with Crippen molar-refractivity contribution in [2.45, 2.75) is 12.6 Å². The number of aliphatic hydroxyl groups is 1. The number of hydrogen-bond donors (Lipinski definition) is 1. The van der Waals surface area contributed by atoms with Gasteiger partial charge in [-0.15, -0.1) is 11.3 Å². The van der Waals surface area contributed by atoms with Crippen LogP contribution in [0.25, 0.3) is 21.3 Å². The lowest BCUT2D eigenvalue weighted by atomic mass is 10.1. The van der Waals surface area contributed by atoms with E-state index in [-0.39, 0.29) is 18.7 Å². The minimum absolute atomic E-state index is 0.0705. The molecule has 0 fully saturated rings. The summed E-state index contributed by atoms with van der Waals surface area (Å²) in [5.74, 6) is 1.40. The van der Waals surface area contributed by atoms with Gasteiger partial charge in [0.05, 0.1) is 25.4 Å². The lowest BCUT2D eigenvalue weighted by Crippen LogP contribution is -2.30. The number of ether oxygens (including phenoxy) is 2. The average Bonchev–Trinajstić information content (AvgIpc) is 3.20. The first-order valence-corrected chi connectivity index (χ1v) is 10.9. The fourth-order valence-corrected chi connectivity index (χ4v) is 4.25. The Morgan fingerprint density at radius 3 is 2.53 bits per heavy atom. The number of nitrogens with zero attached hydrogens (tertiary/aromatic N) is 2. The Labute approximate surface area is 185 Å². The molecule has 0 saturated carbocycles. The Bertz CT molecular complexity index is 1200. The maximum atomic E-state index is 13.1. The van der Waals surface area contributed by atoms with Crippen LogP contribution in [-0.4, -0.2) is 34.5 Å². The van der Waals surface area contributed by atoms with Crippen LogP contribution >= 0.6 is 27.3 Å². The van der Waals surface area contributed by atoms with Gasteiger partial charge in [0.1, 0.15) is 29.0 Å². The van der Waals surface area contributed by atoms with Gasteiger partial charge in [-0.3, -0.25) is 9.36 Å². The number of aromatic nitrogens is 2. The topological polar surface area (TPSA) is 73.6 Å². The molecule has 0 aliphatic heterocycles. The van der Waals surface area contributed by atoms with E-state index in [0.717, 1.165) is 21.3 Å². The number of thiophene rings is 1. The summed E-state index contributed by atoms with van der Waals surface area (Å²) in [4.78, 5) is 18.2. The summed E-state index contributed by atoms with van der Waals surface area (Å²) >= 11 is 4.79. The second-order valence-electron chi connectivity index (χ2n) is 6.68. The van der Waals surface area contributed by atoms with E-state index in [1.54, 1.807) is 7.11 Å². The molecular weight excluding hydrogens is 468 g/mol. The number of benzene rings is 2. The van der Waals surface area contributed by atoms with Crippen LogP contribution in [0.3, 0.4) is 0 Å². The first kappa shape index (κ1) is 20.6. The van der Waals surface area contributed by atoms with Gasteiger partial charge in [0.2, 0.25) is 0 Å². The molecule has 2 heterocycles. The largest absolute Gasteiger partial charge is 0.497 e. The highest BCUT2D eigenvalue weighted by molar-refractivity contribution is 9.10. The Hall–Kier alpha value is -2.68. The van der Waals surface area contributed by atoms with Crippen molar-refractivity contribution >= 4 is 37.5 Å². The quantitative estimate of drug-likeness (QED) is 0.420. The first-order chi connectivity index (χ1) is 14.5. The molecule has 8 heteroatoms. The van der Waals surface area contributed by atoms with Crippen LogP contribution in [0.2, 0.25) is 0 Å². The second-order valence-corrected chi connectivity index (χ2v) is 8.45. The van der Waals surface area contributed by atoms with Crippen LogP contribution in [0.5, 0.6) is 11.5 Å². The van der Waals surface area contributed by atoms with Gasteiger partial charge in [-0.25, -0.2) is 4.98 Å². The highest BCUT2D eigenvalue weighted by Crippen LogP contribution is 2.31. The fraction of sp³-hybridized carbons (Fsp3) is 0.182. The molecule has 0 amide bonds. The van der Waals surface area contributed by atoms with Gasteiger partial charge in [0.15, 0.2) is 0 Å². The Kier molecular flexibility index (Phi) is 6.17. The number of aliphatic hydroxyl groups excluding tert-OH is 1. The minimum Gasteiger partial charge on any atom is -0.497 e. The first-order valence-electron chi connectivity index (χ1n) is 9.22. The van der Waals surface area contributed by atoms with Crippen molar-refractivity contribution in [3.05, 3.63) is 75.1 Å². The van der Waals surface area contributed by atoms with E-state index in [9.17, 15) is 9.90 Å². The lowest BCUT2D eigenvalue weighted by Gasteiger charge is -2.14. The van der Waals surface area contributed by atoms with Crippen molar-refractivity contribution < 1.29 is 14.6 Å². The van der Waals surface area contributed by atoms with Crippen LogP contribution in [0, 0.1) is 0 Å². The molecule has 30 heavy (non-hydrogen) atoms. The summed E-state index contributed by atoms with van der Waals surface area (Å²) in [6.45, 7) is 0.164. The van der Waals surface area contributed by atoms with Crippen molar-refractivity contribution in [3.63, 3.8) is 0 Å². The van der Waals surface area contributed by atoms with Crippen LogP contribution in [-0.2, 0) is 6.54 Å². The number of rotatable bonds is 7. The zero-order chi connectivity index (χ0) is 21.1. The maximum absolute atomic E-state index is 13.1. The molecule has 1 N–H and O–H groups in total. The van der Waals surface area contributed by atoms with Gasteiger partial charge >= 0.3 is 0 Å². The summed E-state index contributed by atoms with van der Waals surface area (Å²) < 4.78 is 13.2. The van der Waals surface area contributed by atoms with Crippen molar-refractivity contribution in [2.24, 2.45) is 0 Å². The predicted octanol–water partition coefficient (Wildman–Crippen LogP) is 4.34.